The van der Waals surface area contributed by atoms with Gasteiger partial charge in [-0.25, -0.2) is 8.42 Å². The molecule has 0 fully saturated rings. The van der Waals surface area contributed by atoms with Crippen molar-refractivity contribution in [1.29, 1.82) is 0 Å². The molecule has 0 atom stereocenters. The summed E-state index contributed by atoms with van der Waals surface area (Å²) >= 11 is 0. The van der Waals surface area contributed by atoms with Crippen molar-refractivity contribution in [3.8, 4) is 0 Å². The number of sulfonamides is 1. The van der Waals surface area contributed by atoms with Gasteiger partial charge in [-0.1, -0.05) is 42.5 Å². The Labute approximate surface area is 119 Å². The lowest BCUT2D eigenvalue weighted by Gasteiger charge is -2.10. The van der Waals surface area contributed by atoms with E-state index >= 15 is 0 Å². The first-order chi connectivity index (χ1) is 9.50. The Hall–Kier alpha value is -1.85. The second-order valence-electron chi connectivity index (χ2n) is 4.70. The van der Waals surface area contributed by atoms with Gasteiger partial charge in [-0.2, -0.15) is 0 Å². The molecule has 0 aliphatic heterocycles. The van der Waals surface area contributed by atoms with Crippen molar-refractivity contribution in [3.05, 3.63) is 65.2 Å². The van der Waals surface area contributed by atoms with Crippen LogP contribution in [0.1, 0.15) is 16.7 Å². The summed E-state index contributed by atoms with van der Waals surface area (Å²) in [7, 11) is -3.41. The van der Waals surface area contributed by atoms with Crippen LogP contribution >= 0.6 is 0 Å². The molecule has 0 unspecified atom stereocenters. The molecule has 0 aliphatic carbocycles. The van der Waals surface area contributed by atoms with Crippen LogP contribution in [0.2, 0.25) is 0 Å². The molecule has 0 bridgehead atoms. The number of para-hydroxylation sites is 1. The van der Waals surface area contributed by atoms with Crippen LogP contribution in [-0.4, -0.2) is 8.42 Å². The van der Waals surface area contributed by atoms with Gasteiger partial charge in [0.15, 0.2) is 0 Å². The second-order valence-corrected chi connectivity index (χ2v) is 6.42. The van der Waals surface area contributed by atoms with E-state index in [2.05, 4.69) is 4.72 Å². The van der Waals surface area contributed by atoms with E-state index in [-0.39, 0.29) is 5.75 Å². The molecule has 5 heteroatoms. The van der Waals surface area contributed by atoms with Crippen LogP contribution in [0, 0.1) is 6.92 Å². The number of hydrogen-bond donors (Lipinski definition) is 2. The zero-order valence-electron chi connectivity index (χ0n) is 11.3. The maximum Gasteiger partial charge on any atom is 0.236 e. The van der Waals surface area contributed by atoms with Crippen molar-refractivity contribution >= 4 is 15.7 Å². The molecule has 2 aromatic rings. The number of hydrogen-bond acceptors (Lipinski definition) is 3. The molecule has 0 aliphatic rings. The van der Waals surface area contributed by atoms with Gasteiger partial charge in [0.2, 0.25) is 10.0 Å². The van der Waals surface area contributed by atoms with Crippen LogP contribution in [0.4, 0.5) is 5.69 Å². The molecule has 4 nitrogen and oxygen atoms in total. The molecule has 0 saturated heterocycles. The zero-order chi connectivity index (χ0) is 14.6. The summed E-state index contributed by atoms with van der Waals surface area (Å²) in [5.41, 5.74) is 8.75. The zero-order valence-corrected chi connectivity index (χ0v) is 12.2. The van der Waals surface area contributed by atoms with Crippen molar-refractivity contribution in [2.75, 3.05) is 4.72 Å². The third-order valence-electron chi connectivity index (χ3n) is 3.03. The molecule has 106 valence electrons. The lowest BCUT2D eigenvalue weighted by molar-refractivity contribution is 0.600. The van der Waals surface area contributed by atoms with Gasteiger partial charge in [-0.05, 0) is 29.7 Å². The van der Waals surface area contributed by atoms with Gasteiger partial charge in [0, 0.05) is 6.54 Å². The average molecular weight is 290 g/mol. The average Bonchev–Trinajstić information content (AvgIpc) is 2.41. The smallest absolute Gasteiger partial charge is 0.236 e. The van der Waals surface area contributed by atoms with Crippen molar-refractivity contribution < 1.29 is 8.42 Å². The molecule has 0 aromatic heterocycles. The van der Waals surface area contributed by atoms with Crippen LogP contribution in [0.3, 0.4) is 0 Å². The summed E-state index contributed by atoms with van der Waals surface area (Å²) in [6.07, 6.45) is 0. The van der Waals surface area contributed by atoms with Crippen LogP contribution in [0.25, 0.3) is 0 Å². The largest absolute Gasteiger partial charge is 0.326 e. The summed E-state index contributed by atoms with van der Waals surface area (Å²) < 4.78 is 26.9. The molecule has 20 heavy (non-hydrogen) atoms. The minimum Gasteiger partial charge on any atom is -0.326 e. The second kappa shape index (κ2) is 6.07. The summed E-state index contributed by atoms with van der Waals surface area (Å²) in [6, 6.07) is 14.6. The highest BCUT2D eigenvalue weighted by Gasteiger charge is 2.12. The maximum absolute atomic E-state index is 12.1. The van der Waals surface area contributed by atoms with E-state index in [1.165, 1.54) is 0 Å². The molecular weight excluding hydrogens is 272 g/mol. The van der Waals surface area contributed by atoms with E-state index in [1.807, 2.05) is 31.2 Å². The van der Waals surface area contributed by atoms with Crippen LogP contribution in [0.5, 0.6) is 0 Å². The van der Waals surface area contributed by atoms with Gasteiger partial charge < -0.3 is 5.73 Å². The fraction of sp³-hybridized carbons (Fsp3) is 0.200. The summed E-state index contributed by atoms with van der Waals surface area (Å²) in [5.74, 6) is -0.0494. The number of rotatable bonds is 5. The summed E-state index contributed by atoms with van der Waals surface area (Å²) in [6.45, 7) is 2.32. The topological polar surface area (TPSA) is 72.2 Å². The van der Waals surface area contributed by atoms with E-state index in [0.29, 0.717) is 12.2 Å². The fourth-order valence-corrected chi connectivity index (χ4v) is 3.15. The Morgan fingerprint density at radius 1 is 1.00 bits per heavy atom. The van der Waals surface area contributed by atoms with E-state index in [9.17, 15) is 8.42 Å². The van der Waals surface area contributed by atoms with Gasteiger partial charge in [0.25, 0.3) is 0 Å². The third-order valence-corrected chi connectivity index (χ3v) is 4.27. The predicted octanol–water partition coefficient (Wildman–Crippen LogP) is 2.40. The number of benzene rings is 2. The van der Waals surface area contributed by atoms with E-state index in [0.717, 1.165) is 16.7 Å². The molecule has 0 amide bonds. The molecule has 0 radical (unpaired) electrons. The Morgan fingerprint density at radius 2 is 1.60 bits per heavy atom. The predicted molar refractivity (Wildman–Crippen MR) is 81.8 cm³/mol. The molecule has 0 spiro atoms. The van der Waals surface area contributed by atoms with Crippen molar-refractivity contribution in [2.24, 2.45) is 5.73 Å². The molecule has 2 aromatic carbocycles. The number of aryl methyl sites for hydroxylation is 1. The lowest BCUT2D eigenvalue weighted by Crippen LogP contribution is -2.15. The highest BCUT2D eigenvalue weighted by Crippen LogP contribution is 2.17. The minimum absolute atomic E-state index is 0.0494. The van der Waals surface area contributed by atoms with Gasteiger partial charge in [0.05, 0.1) is 11.4 Å². The Morgan fingerprint density at radius 3 is 2.20 bits per heavy atom. The van der Waals surface area contributed by atoms with E-state index < -0.39 is 10.0 Å². The van der Waals surface area contributed by atoms with Gasteiger partial charge >= 0.3 is 0 Å². The first-order valence-electron chi connectivity index (χ1n) is 6.34. The maximum atomic E-state index is 12.1. The number of nitrogens with one attached hydrogen (secondary N) is 1. The van der Waals surface area contributed by atoms with E-state index in [1.54, 1.807) is 24.3 Å². The van der Waals surface area contributed by atoms with Gasteiger partial charge in [-0.3, -0.25) is 4.72 Å². The van der Waals surface area contributed by atoms with Crippen LogP contribution < -0.4 is 10.5 Å². The third kappa shape index (κ3) is 3.82. The standard InChI is InChI=1S/C15H18N2O2S/c1-12-4-2-3-5-15(12)17-20(18,19)11-14-8-6-13(10-16)7-9-14/h2-9,17H,10-11,16H2,1H3. The monoisotopic (exact) mass is 290 g/mol. The molecule has 0 heterocycles. The normalized spacial score (nSPS) is 11.3. The molecule has 3 N–H and O–H groups in total. The fourth-order valence-electron chi connectivity index (χ4n) is 1.88. The van der Waals surface area contributed by atoms with Crippen molar-refractivity contribution in [2.45, 2.75) is 19.2 Å². The van der Waals surface area contributed by atoms with E-state index in [4.69, 9.17) is 5.73 Å². The lowest BCUT2D eigenvalue weighted by atomic mass is 10.1. The van der Waals surface area contributed by atoms with Crippen molar-refractivity contribution in [1.82, 2.24) is 0 Å². The quantitative estimate of drug-likeness (QED) is 0.888. The Kier molecular flexibility index (Phi) is 4.42. The van der Waals surface area contributed by atoms with Gasteiger partial charge in [-0.15, -0.1) is 0 Å². The molecular formula is C15H18N2O2S. The van der Waals surface area contributed by atoms with Crippen molar-refractivity contribution in [3.63, 3.8) is 0 Å². The Balaban J connectivity index is 2.13. The van der Waals surface area contributed by atoms with Crippen LogP contribution in [-0.2, 0) is 22.3 Å². The minimum atomic E-state index is -3.41. The van der Waals surface area contributed by atoms with Gasteiger partial charge in [0.1, 0.15) is 0 Å². The Bertz CT molecular complexity index is 679. The first kappa shape index (κ1) is 14.6. The molecule has 2 rings (SSSR count). The highest BCUT2D eigenvalue weighted by atomic mass is 32.2. The number of nitrogens with two attached hydrogens (primary N) is 1. The summed E-state index contributed by atoms with van der Waals surface area (Å²) in [4.78, 5) is 0. The summed E-state index contributed by atoms with van der Waals surface area (Å²) in [5, 5.41) is 0. The first-order valence-corrected chi connectivity index (χ1v) is 7.99. The number of anilines is 1. The highest BCUT2D eigenvalue weighted by molar-refractivity contribution is 7.91. The van der Waals surface area contributed by atoms with Crippen LogP contribution in [0.15, 0.2) is 48.5 Å². The SMILES string of the molecule is Cc1ccccc1NS(=O)(=O)Cc1ccc(CN)cc1. The molecule has 0 saturated carbocycles.